The summed E-state index contributed by atoms with van der Waals surface area (Å²) >= 11 is 3.44. The van der Waals surface area contributed by atoms with Gasteiger partial charge >= 0.3 is 0 Å². The molecule has 1 unspecified atom stereocenters. The van der Waals surface area contributed by atoms with Crippen molar-refractivity contribution in [1.82, 2.24) is 19.9 Å². The van der Waals surface area contributed by atoms with Gasteiger partial charge in [0.2, 0.25) is 5.82 Å². The van der Waals surface area contributed by atoms with Crippen molar-refractivity contribution in [3.05, 3.63) is 88.1 Å². The SMILES string of the molecule is O=C(NC1CC1)C1=C[N+]([O-])(c2cccc(-c3cncc(Br)c3)c2)c2ncccc2C1. The topological polar surface area (TPSA) is 77.9 Å². The van der Waals surface area contributed by atoms with E-state index in [0.717, 1.165) is 34.0 Å². The monoisotopic (exact) mass is 462 g/mol. The Morgan fingerprint density at radius 3 is 2.80 bits per heavy atom. The van der Waals surface area contributed by atoms with E-state index in [4.69, 9.17) is 0 Å². The molecular formula is C23H19BrN4O2. The number of benzene rings is 1. The predicted octanol–water partition coefficient (Wildman–Crippen LogP) is 4.76. The van der Waals surface area contributed by atoms with Gasteiger partial charge in [0, 0.05) is 58.8 Å². The van der Waals surface area contributed by atoms with Crippen molar-refractivity contribution in [2.75, 3.05) is 0 Å². The van der Waals surface area contributed by atoms with Crippen molar-refractivity contribution in [2.45, 2.75) is 25.3 Å². The first-order valence-corrected chi connectivity index (χ1v) is 10.6. The number of fused-ring (bicyclic) bond motifs is 1. The maximum absolute atomic E-state index is 14.2. The van der Waals surface area contributed by atoms with Crippen molar-refractivity contribution >= 4 is 33.3 Å². The minimum atomic E-state index is -0.904. The lowest BCUT2D eigenvalue weighted by Gasteiger charge is -2.40. The number of nitrogens with zero attached hydrogens (tertiary/aromatic N) is 3. The minimum absolute atomic E-state index is 0.169. The average molecular weight is 463 g/mol. The van der Waals surface area contributed by atoms with Crippen molar-refractivity contribution < 1.29 is 4.79 Å². The van der Waals surface area contributed by atoms with Crippen LogP contribution in [0.1, 0.15) is 18.4 Å². The molecule has 0 bridgehead atoms. The molecule has 0 saturated heterocycles. The van der Waals surface area contributed by atoms with Gasteiger partial charge in [-0.15, -0.1) is 0 Å². The van der Waals surface area contributed by atoms with E-state index in [2.05, 4.69) is 31.2 Å². The van der Waals surface area contributed by atoms with Gasteiger partial charge in [-0.05, 0) is 52.5 Å². The van der Waals surface area contributed by atoms with Crippen molar-refractivity contribution in [1.29, 1.82) is 0 Å². The fourth-order valence-electron chi connectivity index (χ4n) is 3.70. The highest BCUT2D eigenvalue weighted by molar-refractivity contribution is 9.10. The number of hydrogen-bond donors (Lipinski definition) is 1. The summed E-state index contributed by atoms with van der Waals surface area (Å²) in [5.74, 6) is 0.225. The van der Waals surface area contributed by atoms with Gasteiger partial charge in [-0.3, -0.25) is 14.4 Å². The zero-order chi connectivity index (χ0) is 20.7. The Morgan fingerprint density at radius 1 is 1.13 bits per heavy atom. The Labute approximate surface area is 182 Å². The molecule has 5 rings (SSSR count). The van der Waals surface area contributed by atoms with Gasteiger partial charge in [-0.2, -0.15) is 0 Å². The molecule has 0 radical (unpaired) electrons. The highest BCUT2D eigenvalue weighted by atomic mass is 79.9. The molecule has 150 valence electrons. The summed E-state index contributed by atoms with van der Waals surface area (Å²) in [7, 11) is 0. The molecule has 1 amide bonds. The van der Waals surface area contributed by atoms with E-state index in [1.165, 1.54) is 6.20 Å². The normalized spacial score (nSPS) is 20.3. The predicted molar refractivity (Wildman–Crippen MR) is 119 cm³/mol. The second kappa shape index (κ2) is 7.43. The molecule has 1 aromatic carbocycles. The summed E-state index contributed by atoms with van der Waals surface area (Å²) in [5.41, 5.74) is 3.50. The van der Waals surface area contributed by atoms with Gasteiger partial charge in [0.25, 0.3) is 5.91 Å². The molecule has 6 nitrogen and oxygen atoms in total. The Hall–Kier alpha value is -2.87. The minimum Gasteiger partial charge on any atom is -0.616 e. The van der Waals surface area contributed by atoms with E-state index in [9.17, 15) is 10.0 Å². The number of pyridine rings is 2. The molecule has 1 atom stereocenters. The zero-order valence-corrected chi connectivity index (χ0v) is 17.7. The highest BCUT2D eigenvalue weighted by Gasteiger charge is 2.35. The molecule has 3 heterocycles. The second-order valence-electron chi connectivity index (χ2n) is 7.67. The van der Waals surface area contributed by atoms with Crippen molar-refractivity contribution in [3.63, 3.8) is 0 Å². The van der Waals surface area contributed by atoms with Crippen molar-refractivity contribution in [3.8, 4) is 11.1 Å². The van der Waals surface area contributed by atoms with Gasteiger partial charge in [0.05, 0.1) is 5.57 Å². The van der Waals surface area contributed by atoms with Crippen molar-refractivity contribution in [2.24, 2.45) is 0 Å². The largest absolute Gasteiger partial charge is 0.616 e. The summed E-state index contributed by atoms with van der Waals surface area (Å²) in [6, 6.07) is 13.3. The molecule has 7 heteroatoms. The smallest absolute Gasteiger partial charge is 0.253 e. The fourth-order valence-corrected chi connectivity index (χ4v) is 4.07. The standard InChI is InChI=1S/C23H19BrN4O2/c24-19-10-17(12-25-13-19)15-3-1-5-21(11-15)28(30)14-18(23(29)27-20-6-7-20)9-16-4-2-8-26-22(16)28/h1-5,8,10-14,20H,6-7,9H2,(H,27,29). The number of amides is 1. The molecule has 2 aromatic heterocycles. The van der Waals surface area contributed by atoms with Crippen LogP contribution in [0.4, 0.5) is 11.5 Å². The zero-order valence-electron chi connectivity index (χ0n) is 16.1. The van der Waals surface area contributed by atoms with Crippen LogP contribution in [0, 0.1) is 5.21 Å². The van der Waals surface area contributed by atoms with E-state index in [1.54, 1.807) is 30.7 Å². The third kappa shape index (κ3) is 3.56. The van der Waals surface area contributed by atoms with Gasteiger partial charge in [-0.25, -0.2) is 4.98 Å². The van der Waals surface area contributed by atoms with Crippen LogP contribution >= 0.6 is 15.9 Å². The molecule has 1 N–H and O–H groups in total. The Morgan fingerprint density at radius 2 is 2.00 bits per heavy atom. The molecule has 1 saturated carbocycles. The highest BCUT2D eigenvalue weighted by Crippen LogP contribution is 2.41. The van der Waals surface area contributed by atoms with E-state index >= 15 is 0 Å². The van der Waals surface area contributed by atoms with Gasteiger partial charge < -0.3 is 10.5 Å². The maximum Gasteiger partial charge on any atom is 0.253 e. The van der Waals surface area contributed by atoms with E-state index in [-0.39, 0.29) is 11.9 Å². The number of quaternary nitrogens is 1. The first kappa shape index (κ1) is 19.1. The van der Waals surface area contributed by atoms with Crippen LogP contribution < -0.4 is 9.96 Å². The Bertz CT molecular complexity index is 1180. The van der Waals surface area contributed by atoms with Crippen LogP contribution in [-0.2, 0) is 11.2 Å². The lowest BCUT2D eigenvalue weighted by Crippen LogP contribution is -2.39. The number of hydrogen-bond acceptors (Lipinski definition) is 4. The third-order valence-corrected chi connectivity index (χ3v) is 5.81. The molecule has 1 fully saturated rings. The fraction of sp³-hybridized carbons (Fsp3) is 0.174. The van der Waals surface area contributed by atoms with E-state index < -0.39 is 4.65 Å². The van der Waals surface area contributed by atoms with Crippen LogP contribution in [0.5, 0.6) is 0 Å². The van der Waals surface area contributed by atoms with Crippen LogP contribution in [0.2, 0.25) is 0 Å². The molecule has 3 aromatic rings. The van der Waals surface area contributed by atoms with Gasteiger partial charge in [-0.1, -0.05) is 12.1 Å². The number of carbonyl (C=O) groups excluding carboxylic acids is 1. The lowest BCUT2D eigenvalue weighted by atomic mass is 10.00. The summed E-state index contributed by atoms with van der Waals surface area (Å²) in [6.45, 7) is 0. The van der Waals surface area contributed by atoms with Crippen LogP contribution in [0.15, 0.2) is 77.3 Å². The molecule has 2 aliphatic rings. The van der Waals surface area contributed by atoms with Crippen LogP contribution in [0.25, 0.3) is 11.1 Å². The lowest BCUT2D eigenvalue weighted by molar-refractivity contribution is -0.117. The van der Waals surface area contributed by atoms with E-state index in [1.807, 2.05) is 30.3 Å². The Kier molecular flexibility index (Phi) is 4.73. The molecule has 1 aliphatic carbocycles. The third-order valence-electron chi connectivity index (χ3n) is 5.37. The quantitative estimate of drug-likeness (QED) is 0.447. The van der Waals surface area contributed by atoms with Crippen LogP contribution in [-0.4, -0.2) is 21.9 Å². The summed E-state index contributed by atoms with van der Waals surface area (Å²) < 4.78 is -0.0425. The number of halogens is 1. The number of aromatic nitrogens is 2. The maximum atomic E-state index is 14.2. The van der Waals surface area contributed by atoms with Gasteiger partial charge in [0.15, 0.2) is 0 Å². The molecule has 0 spiro atoms. The number of carbonyl (C=O) groups is 1. The number of hydroxylamine groups is 1. The molecule has 30 heavy (non-hydrogen) atoms. The number of rotatable bonds is 4. The summed E-state index contributed by atoms with van der Waals surface area (Å²) in [5, 5.41) is 17.2. The van der Waals surface area contributed by atoms with Crippen LogP contribution in [0.3, 0.4) is 0 Å². The molecule has 1 aliphatic heterocycles. The summed E-state index contributed by atoms with van der Waals surface area (Å²) in [6.07, 6.45) is 8.98. The molecular weight excluding hydrogens is 444 g/mol. The second-order valence-corrected chi connectivity index (χ2v) is 8.58. The van der Waals surface area contributed by atoms with Gasteiger partial charge in [0.1, 0.15) is 11.9 Å². The average Bonchev–Trinajstić information content (AvgIpc) is 3.58. The summed E-state index contributed by atoms with van der Waals surface area (Å²) in [4.78, 5) is 21.4. The Balaban J connectivity index is 1.61. The first-order valence-electron chi connectivity index (χ1n) is 9.81. The number of nitrogens with one attached hydrogen (secondary N) is 1. The first-order chi connectivity index (χ1) is 14.5. The van der Waals surface area contributed by atoms with E-state index in [0.29, 0.717) is 23.5 Å².